The standard InChI is InChI=1S/C26H34FN5O3/c1-26(2,27)17-32-12-9-18(10-13-32)16-35-23-15-29-22(14-30-23)19-5-7-20(8-6-19)24(33)31-25(34)21-4-3-11-28-21/h5-8,14-15,18,21,28H,3-4,9-13,16-17H2,1-2H3,(H,31,33,34)/t21-/m0/s1. The van der Waals surface area contributed by atoms with Crippen LogP contribution in [0.3, 0.4) is 0 Å². The zero-order valence-corrected chi connectivity index (χ0v) is 20.4. The number of hydrogen-bond donors (Lipinski definition) is 2. The van der Waals surface area contributed by atoms with Crippen molar-refractivity contribution in [2.24, 2.45) is 5.92 Å². The molecule has 0 spiro atoms. The highest BCUT2D eigenvalue weighted by atomic mass is 19.1. The monoisotopic (exact) mass is 483 g/mol. The van der Waals surface area contributed by atoms with Crippen molar-refractivity contribution in [3.63, 3.8) is 0 Å². The number of likely N-dealkylation sites (tertiary alicyclic amines) is 1. The van der Waals surface area contributed by atoms with Gasteiger partial charge in [-0.2, -0.15) is 0 Å². The summed E-state index contributed by atoms with van der Waals surface area (Å²) >= 11 is 0. The van der Waals surface area contributed by atoms with Gasteiger partial charge in [0.15, 0.2) is 0 Å². The Balaban J connectivity index is 1.24. The highest BCUT2D eigenvalue weighted by molar-refractivity contribution is 6.06. The molecular weight excluding hydrogens is 449 g/mol. The first-order chi connectivity index (χ1) is 16.8. The number of carbonyl (C=O) groups is 2. The molecular formula is C26H34FN5O3. The number of amides is 2. The molecule has 9 heteroatoms. The SMILES string of the molecule is CC(C)(F)CN1CCC(COc2cnc(-c3ccc(C(=O)NC(=O)[C@@H]4CCCN4)cc3)cn2)CC1. The third-order valence-electron chi connectivity index (χ3n) is 6.46. The summed E-state index contributed by atoms with van der Waals surface area (Å²) in [5, 5.41) is 5.53. The lowest BCUT2D eigenvalue weighted by Gasteiger charge is -2.34. The van der Waals surface area contributed by atoms with Crippen molar-refractivity contribution < 1.29 is 18.7 Å². The molecule has 8 nitrogen and oxygen atoms in total. The molecule has 2 N–H and O–H groups in total. The summed E-state index contributed by atoms with van der Waals surface area (Å²) in [6.07, 6.45) is 6.88. The van der Waals surface area contributed by atoms with Gasteiger partial charge >= 0.3 is 0 Å². The summed E-state index contributed by atoms with van der Waals surface area (Å²) in [4.78, 5) is 35.5. The van der Waals surface area contributed by atoms with Gasteiger partial charge in [-0.15, -0.1) is 0 Å². The van der Waals surface area contributed by atoms with Crippen molar-refractivity contribution in [2.75, 3.05) is 32.8 Å². The van der Waals surface area contributed by atoms with Gasteiger partial charge in [0, 0.05) is 17.7 Å². The first-order valence-electron chi connectivity index (χ1n) is 12.3. The van der Waals surface area contributed by atoms with Gasteiger partial charge in [-0.1, -0.05) is 12.1 Å². The molecule has 0 unspecified atom stereocenters. The van der Waals surface area contributed by atoms with Crippen molar-refractivity contribution in [2.45, 2.75) is 51.2 Å². The minimum atomic E-state index is -1.17. The van der Waals surface area contributed by atoms with Crippen LogP contribution < -0.4 is 15.4 Å². The Kier molecular flexibility index (Phi) is 8.07. The fourth-order valence-electron chi connectivity index (χ4n) is 4.56. The number of carbonyl (C=O) groups excluding carboxylic acids is 2. The summed E-state index contributed by atoms with van der Waals surface area (Å²) in [7, 11) is 0. The van der Waals surface area contributed by atoms with E-state index < -0.39 is 11.6 Å². The summed E-state index contributed by atoms with van der Waals surface area (Å²) < 4.78 is 19.7. The second kappa shape index (κ2) is 11.2. The van der Waals surface area contributed by atoms with E-state index in [4.69, 9.17) is 4.74 Å². The molecule has 4 rings (SSSR count). The van der Waals surface area contributed by atoms with Crippen LogP contribution in [-0.4, -0.2) is 71.2 Å². The number of nitrogens with zero attached hydrogens (tertiary/aromatic N) is 3. The quantitative estimate of drug-likeness (QED) is 0.557. The summed E-state index contributed by atoms with van der Waals surface area (Å²) in [5.41, 5.74) is 0.721. The Morgan fingerprint density at radius 1 is 1.14 bits per heavy atom. The van der Waals surface area contributed by atoms with Crippen LogP contribution in [0.4, 0.5) is 4.39 Å². The number of aromatic nitrogens is 2. The number of ether oxygens (including phenoxy) is 1. The third-order valence-corrected chi connectivity index (χ3v) is 6.46. The minimum Gasteiger partial charge on any atom is -0.476 e. The van der Waals surface area contributed by atoms with Crippen molar-refractivity contribution in [3.05, 3.63) is 42.2 Å². The molecule has 188 valence electrons. The normalized spacial score (nSPS) is 19.5. The van der Waals surface area contributed by atoms with Crippen LogP contribution in [0.2, 0.25) is 0 Å². The molecule has 2 fully saturated rings. The molecule has 0 bridgehead atoms. The van der Waals surface area contributed by atoms with Crippen LogP contribution in [0.1, 0.15) is 49.9 Å². The second-order valence-electron chi connectivity index (χ2n) is 10.0. The number of benzene rings is 1. The topological polar surface area (TPSA) is 96.5 Å². The van der Waals surface area contributed by atoms with Crippen molar-refractivity contribution >= 4 is 11.8 Å². The molecule has 0 saturated carbocycles. The summed E-state index contributed by atoms with van der Waals surface area (Å²) in [6.45, 7) is 6.83. The van der Waals surface area contributed by atoms with Crippen LogP contribution in [-0.2, 0) is 4.79 Å². The van der Waals surface area contributed by atoms with E-state index in [0.29, 0.717) is 36.2 Å². The van der Waals surface area contributed by atoms with E-state index in [0.717, 1.165) is 50.9 Å². The van der Waals surface area contributed by atoms with E-state index in [2.05, 4.69) is 25.5 Å². The van der Waals surface area contributed by atoms with E-state index in [1.54, 1.807) is 50.5 Å². The maximum atomic E-state index is 13.8. The Labute approximate surface area is 205 Å². The lowest BCUT2D eigenvalue weighted by Crippen LogP contribution is -2.43. The first-order valence-corrected chi connectivity index (χ1v) is 12.3. The molecule has 1 atom stereocenters. The minimum absolute atomic E-state index is 0.285. The van der Waals surface area contributed by atoms with Gasteiger partial charge in [-0.05, 0) is 77.2 Å². The average molecular weight is 484 g/mol. The third kappa shape index (κ3) is 7.29. The van der Waals surface area contributed by atoms with Gasteiger partial charge in [-0.25, -0.2) is 14.4 Å². The second-order valence-corrected chi connectivity index (χ2v) is 10.0. The Hall–Kier alpha value is -2.91. The maximum absolute atomic E-state index is 13.8. The van der Waals surface area contributed by atoms with E-state index >= 15 is 0 Å². The molecule has 2 aliphatic rings. The van der Waals surface area contributed by atoms with Gasteiger partial charge in [-0.3, -0.25) is 14.9 Å². The van der Waals surface area contributed by atoms with Gasteiger partial charge in [0.1, 0.15) is 5.67 Å². The lowest BCUT2D eigenvalue weighted by atomic mass is 9.97. The predicted molar refractivity (Wildman–Crippen MR) is 131 cm³/mol. The van der Waals surface area contributed by atoms with E-state index in [1.165, 1.54) is 0 Å². The molecule has 3 heterocycles. The zero-order valence-electron chi connectivity index (χ0n) is 20.4. The maximum Gasteiger partial charge on any atom is 0.257 e. The number of rotatable bonds is 8. The Bertz CT molecular complexity index is 993. The first kappa shape index (κ1) is 25.2. The summed E-state index contributed by atoms with van der Waals surface area (Å²) in [5.74, 6) is 0.193. The molecule has 2 saturated heterocycles. The van der Waals surface area contributed by atoms with Crippen LogP contribution in [0, 0.1) is 5.92 Å². The van der Waals surface area contributed by atoms with Crippen LogP contribution in [0.15, 0.2) is 36.7 Å². The van der Waals surface area contributed by atoms with Crippen molar-refractivity contribution in [1.82, 2.24) is 25.5 Å². The van der Waals surface area contributed by atoms with Gasteiger partial charge in [0.05, 0.1) is 30.7 Å². The smallest absolute Gasteiger partial charge is 0.257 e. The fourth-order valence-corrected chi connectivity index (χ4v) is 4.56. The molecule has 2 aliphatic heterocycles. The van der Waals surface area contributed by atoms with Gasteiger partial charge in [0.2, 0.25) is 11.8 Å². The molecule has 2 amide bonds. The lowest BCUT2D eigenvalue weighted by molar-refractivity contribution is -0.121. The van der Waals surface area contributed by atoms with Crippen LogP contribution >= 0.6 is 0 Å². The van der Waals surface area contributed by atoms with Gasteiger partial charge in [0.25, 0.3) is 5.91 Å². The number of imide groups is 1. The fraction of sp³-hybridized carbons (Fsp3) is 0.538. The number of halogens is 1. The zero-order chi connectivity index (χ0) is 24.8. The number of alkyl halides is 1. The predicted octanol–water partition coefficient (Wildman–Crippen LogP) is 2.99. The van der Waals surface area contributed by atoms with E-state index in [9.17, 15) is 14.0 Å². The molecule has 35 heavy (non-hydrogen) atoms. The Morgan fingerprint density at radius 2 is 1.89 bits per heavy atom. The van der Waals surface area contributed by atoms with Crippen molar-refractivity contribution in [1.29, 1.82) is 0 Å². The van der Waals surface area contributed by atoms with Crippen LogP contribution in [0.25, 0.3) is 11.3 Å². The number of hydrogen-bond acceptors (Lipinski definition) is 7. The molecule has 2 aromatic rings. The van der Waals surface area contributed by atoms with E-state index in [1.807, 2.05) is 0 Å². The number of piperidine rings is 1. The molecule has 0 aliphatic carbocycles. The van der Waals surface area contributed by atoms with Gasteiger partial charge < -0.3 is 15.0 Å². The van der Waals surface area contributed by atoms with Crippen LogP contribution in [0.5, 0.6) is 5.88 Å². The molecule has 1 aromatic carbocycles. The largest absolute Gasteiger partial charge is 0.476 e. The number of nitrogens with one attached hydrogen (secondary N) is 2. The van der Waals surface area contributed by atoms with Crippen molar-refractivity contribution in [3.8, 4) is 17.1 Å². The summed E-state index contributed by atoms with van der Waals surface area (Å²) in [6, 6.07) is 6.61. The highest BCUT2D eigenvalue weighted by Gasteiger charge is 2.26. The molecule has 0 radical (unpaired) electrons. The Morgan fingerprint density at radius 3 is 2.49 bits per heavy atom. The molecule has 1 aromatic heterocycles. The van der Waals surface area contributed by atoms with E-state index in [-0.39, 0.29) is 11.9 Å². The highest BCUT2D eigenvalue weighted by Crippen LogP contribution is 2.22. The average Bonchev–Trinajstić information content (AvgIpc) is 3.38.